The van der Waals surface area contributed by atoms with Crippen LogP contribution in [0, 0.1) is 0 Å². The molecule has 0 unspecified atom stereocenters. The first kappa shape index (κ1) is 29.3. The third-order valence-electron chi connectivity index (χ3n) is 7.28. The highest BCUT2D eigenvalue weighted by Crippen LogP contribution is 2.41. The summed E-state index contributed by atoms with van der Waals surface area (Å²) in [6.07, 6.45) is -14.7. The summed E-state index contributed by atoms with van der Waals surface area (Å²) in [6.45, 7) is -1.81. The Balaban J connectivity index is 1.40. The average Bonchev–Trinajstić information content (AvgIpc) is 2.95. The maximum atomic E-state index is 13.2. The summed E-state index contributed by atoms with van der Waals surface area (Å²) in [4.78, 5) is 26.3. The molecular weight excluding hydrogens is 552 g/mol. The predicted molar refractivity (Wildman–Crippen MR) is 130 cm³/mol. The van der Waals surface area contributed by atoms with E-state index in [-0.39, 0.29) is 34.6 Å². The normalized spacial score (nSPS) is 33.3. The fourth-order valence-corrected chi connectivity index (χ4v) is 4.94. The molecule has 2 fully saturated rings. The van der Waals surface area contributed by atoms with Gasteiger partial charge in [-0.1, -0.05) is 0 Å². The summed E-state index contributed by atoms with van der Waals surface area (Å²) in [5.41, 5.74) is -1.29. The van der Waals surface area contributed by atoms with Crippen LogP contribution in [0.5, 0.6) is 17.2 Å². The maximum Gasteiger partial charge on any atom is 0.229 e. The first-order valence-corrected chi connectivity index (χ1v) is 12.5. The number of hydrogen-bond donors (Lipinski definition) is 9. The Kier molecular flexibility index (Phi) is 8.01. The monoisotopic (exact) mass is 580 g/mol. The van der Waals surface area contributed by atoms with Crippen molar-refractivity contribution in [1.82, 2.24) is 0 Å². The summed E-state index contributed by atoms with van der Waals surface area (Å²) in [6, 6.07) is 4.53. The van der Waals surface area contributed by atoms with Gasteiger partial charge in [0.15, 0.2) is 17.9 Å². The molecule has 5 rings (SSSR count). The van der Waals surface area contributed by atoms with Crippen LogP contribution in [-0.4, -0.2) is 126 Å². The number of ether oxygens (including phenoxy) is 4. The first-order chi connectivity index (χ1) is 19.4. The van der Waals surface area contributed by atoms with Crippen molar-refractivity contribution in [1.29, 1.82) is 0 Å². The minimum atomic E-state index is -1.89. The number of aliphatic hydroxyl groups excluding tert-OH is 7. The minimum absolute atomic E-state index is 0.0757. The average molecular weight is 580 g/mol. The van der Waals surface area contributed by atoms with Gasteiger partial charge in [0.25, 0.3) is 0 Å². The molecular formula is C26H28O15. The molecule has 15 heteroatoms. The van der Waals surface area contributed by atoms with Gasteiger partial charge in [-0.2, -0.15) is 0 Å². The van der Waals surface area contributed by atoms with E-state index in [1.165, 1.54) is 12.1 Å². The third kappa shape index (κ3) is 5.06. The molecule has 1 aliphatic carbocycles. The van der Waals surface area contributed by atoms with E-state index in [0.29, 0.717) is 0 Å². The van der Waals surface area contributed by atoms with Crippen LogP contribution in [0.3, 0.4) is 0 Å². The number of aromatic hydroxyl groups is 2. The van der Waals surface area contributed by atoms with Gasteiger partial charge in [0.05, 0.1) is 30.9 Å². The Bertz CT molecular complexity index is 1340. The standard InChI is InChI=1S/C26H28O15/c27-5-12-14(4-11-16(19(12)32)18(31)9-2-1-8(28)3-10(9)17(11)30)40-26-24(37)22(35)21(34)15(41-26)7-39-25-23(36)20(33)13(29)6-38-25/h1-4,13,15,20-29,32-37H,5-7H2/t13-,15+,20+,21-,22+,23+,24+,25+,26-/m0/s1. The van der Waals surface area contributed by atoms with E-state index in [0.717, 1.165) is 12.1 Å². The fraction of sp³-hybridized carbons (Fsp3) is 0.462. The molecule has 2 aliphatic heterocycles. The second-order valence-corrected chi connectivity index (χ2v) is 9.89. The van der Waals surface area contributed by atoms with Gasteiger partial charge in [-0.25, -0.2) is 0 Å². The summed E-state index contributed by atoms with van der Waals surface area (Å²) in [7, 11) is 0. The Labute approximate surface area is 231 Å². The van der Waals surface area contributed by atoms with Crippen molar-refractivity contribution in [2.24, 2.45) is 0 Å². The molecule has 9 atom stereocenters. The molecule has 0 amide bonds. The van der Waals surface area contributed by atoms with Gasteiger partial charge in [0.1, 0.15) is 60.0 Å². The number of carbonyl (C=O) groups excluding carboxylic acids is 2. The van der Waals surface area contributed by atoms with Crippen LogP contribution in [0.4, 0.5) is 0 Å². The Morgan fingerprint density at radius 1 is 0.805 bits per heavy atom. The molecule has 0 bridgehead atoms. The van der Waals surface area contributed by atoms with E-state index in [2.05, 4.69) is 0 Å². The number of fused-ring (bicyclic) bond motifs is 2. The molecule has 222 valence electrons. The molecule has 2 aromatic carbocycles. The number of phenols is 2. The quantitative estimate of drug-likeness (QED) is 0.141. The van der Waals surface area contributed by atoms with Gasteiger partial charge < -0.3 is 64.9 Å². The molecule has 41 heavy (non-hydrogen) atoms. The van der Waals surface area contributed by atoms with Crippen molar-refractivity contribution in [3.8, 4) is 17.2 Å². The lowest BCUT2D eigenvalue weighted by molar-refractivity contribution is -0.307. The molecule has 15 nitrogen and oxygen atoms in total. The summed E-state index contributed by atoms with van der Waals surface area (Å²) in [5.74, 6) is -2.95. The van der Waals surface area contributed by atoms with Gasteiger partial charge >= 0.3 is 0 Å². The predicted octanol–water partition coefficient (Wildman–Crippen LogP) is -2.99. The van der Waals surface area contributed by atoms with Crippen molar-refractivity contribution in [2.75, 3.05) is 13.2 Å². The summed E-state index contributed by atoms with van der Waals surface area (Å²) in [5, 5.41) is 91.4. The highest BCUT2D eigenvalue weighted by molar-refractivity contribution is 6.29. The van der Waals surface area contributed by atoms with Crippen LogP contribution in [0.15, 0.2) is 24.3 Å². The molecule has 2 heterocycles. The van der Waals surface area contributed by atoms with Crippen molar-refractivity contribution in [3.05, 3.63) is 52.1 Å². The Hall–Kier alpha value is -3.22. The molecule has 0 saturated carbocycles. The number of phenolic OH excluding ortho intramolecular Hbond substituents is 1. The van der Waals surface area contributed by atoms with E-state index < -0.39 is 97.2 Å². The van der Waals surface area contributed by atoms with Crippen LogP contribution >= 0.6 is 0 Å². The molecule has 9 N–H and O–H groups in total. The second kappa shape index (κ2) is 11.2. The number of ketones is 2. The second-order valence-electron chi connectivity index (χ2n) is 9.89. The topological polar surface area (TPSA) is 253 Å². The zero-order valence-electron chi connectivity index (χ0n) is 21.1. The SMILES string of the molecule is O=C1c2cc(O)ccc2C(=O)c2c1cc(O[C@H]1O[C@H](CO[C@H]3OC[C@H](O)[C@@H](O)[C@H]3O)[C@H](O)[C@@H](O)[C@H]1O)c(CO)c2O. The van der Waals surface area contributed by atoms with Crippen molar-refractivity contribution >= 4 is 11.6 Å². The summed E-state index contributed by atoms with van der Waals surface area (Å²) >= 11 is 0. The maximum absolute atomic E-state index is 13.2. The van der Waals surface area contributed by atoms with Gasteiger partial charge in [-0.15, -0.1) is 0 Å². The van der Waals surface area contributed by atoms with Gasteiger partial charge in [0.2, 0.25) is 6.29 Å². The number of carbonyl (C=O) groups is 2. The van der Waals surface area contributed by atoms with E-state index in [1.807, 2.05) is 0 Å². The van der Waals surface area contributed by atoms with E-state index in [4.69, 9.17) is 18.9 Å². The highest BCUT2D eigenvalue weighted by atomic mass is 16.7. The molecule has 0 aromatic heterocycles. The zero-order valence-corrected chi connectivity index (χ0v) is 21.1. The van der Waals surface area contributed by atoms with Gasteiger partial charge in [-0.05, 0) is 24.3 Å². The largest absolute Gasteiger partial charge is 0.508 e. The highest BCUT2D eigenvalue weighted by Gasteiger charge is 2.47. The number of hydrogen-bond acceptors (Lipinski definition) is 15. The molecule has 0 radical (unpaired) electrons. The van der Waals surface area contributed by atoms with E-state index >= 15 is 0 Å². The van der Waals surface area contributed by atoms with E-state index in [1.54, 1.807) is 0 Å². The number of benzene rings is 2. The van der Waals surface area contributed by atoms with Crippen molar-refractivity contribution in [2.45, 2.75) is 61.9 Å². The lowest BCUT2D eigenvalue weighted by Crippen LogP contribution is -2.61. The Morgan fingerprint density at radius 2 is 1.51 bits per heavy atom. The number of rotatable bonds is 6. The summed E-state index contributed by atoms with van der Waals surface area (Å²) < 4.78 is 21.7. The van der Waals surface area contributed by atoms with Crippen LogP contribution in [0.1, 0.15) is 37.4 Å². The smallest absolute Gasteiger partial charge is 0.229 e. The first-order valence-electron chi connectivity index (χ1n) is 12.5. The van der Waals surface area contributed by atoms with Crippen LogP contribution in [0.25, 0.3) is 0 Å². The van der Waals surface area contributed by atoms with Crippen molar-refractivity contribution < 1.29 is 74.5 Å². The third-order valence-corrected chi connectivity index (χ3v) is 7.28. The van der Waals surface area contributed by atoms with Gasteiger partial charge in [0, 0.05) is 16.7 Å². The van der Waals surface area contributed by atoms with Crippen LogP contribution in [-0.2, 0) is 20.8 Å². The minimum Gasteiger partial charge on any atom is -0.508 e. The fourth-order valence-electron chi connectivity index (χ4n) is 4.94. The molecule has 2 aromatic rings. The zero-order chi connectivity index (χ0) is 29.7. The van der Waals surface area contributed by atoms with Crippen molar-refractivity contribution in [3.63, 3.8) is 0 Å². The van der Waals surface area contributed by atoms with Crippen LogP contribution in [0.2, 0.25) is 0 Å². The molecule has 3 aliphatic rings. The van der Waals surface area contributed by atoms with E-state index in [9.17, 15) is 55.5 Å². The molecule has 2 saturated heterocycles. The lowest BCUT2D eigenvalue weighted by atomic mass is 9.82. The lowest BCUT2D eigenvalue weighted by Gasteiger charge is -2.41. The molecule has 0 spiro atoms. The van der Waals surface area contributed by atoms with Gasteiger partial charge in [-0.3, -0.25) is 9.59 Å². The Morgan fingerprint density at radius 3 is 2.22 bits per heavy atom. The van der Waals surface area contributed by atoms with Crippen LogP contribution < -0.4 is 4.74 Å². The number of aliphatic hydroxyl groups is 7.